The number of H-pyrrole nitrogens is 1. The van der Waals surface area contributed by atoms with Crippen LogP contribution in [0.2, 0.25) is 0 Å². The van der Waals surface area contributed by atoms with E-state index in [-0.39, 0.29) is 0 Å². The minimum atomic E-state index is -4.33. The van der Waals surface area contributed by atoms with Crippen LogP contribution in [-0.4, -0.2) is 36.4 Å². The van der Waals surface area contributed by atoms with Gasteiger partial charge in [0.2, 0.25) is 5.89 Å². The van der Waals surface area contributed by atoms with Gasteiger partial charge < -0.3 is 9.32 Å². The number of halogens is 3. The second-order valence-corrected chi connectivity index (χ2v) is 6.74. The van der Waals surface area contributed by atoms with Gasteiger partial charge in [-0.15, -0.1) is 10.2 Å². The summed E-state index contributed by atoms with van der Waals surface area (Å²) < 4.78 is 43.8. The summed E-state index contributed by atoms with van der Waals surface area (Å²) in [6.07, 6.45) is -3.32. The fraction of sp³-hybridized carbons (Fsp3) is 0.316. The highest BCUT2D eigenvalue weighted by molar-refractivity contribution is 5.51. The largest absolute Gasteiger partial charge is 0.419 e. The molecule has 1 fully saturated rings. The van der Waals surface area contributed by atoms with E-state index in [1.165, 1.54) is 11.0 Å². The number of aromatic amines is 1. The van der Waals surface area contributed by atoms with Crippen LogP contribution < -0.4 is 14.8 Å². The molecule has 0 aliphatic carbocycles. The van der Waals surface area contributed by atoms with Crippen LogP contribution in [0.4, 0.5) is 19.0 Å². The maximum absolute atomic E-state index is 12.7. The van der Waals surface area contributed by atoms with Gasteiger partial charge in [-0.2, -0.15) is 13.2 Å². The molecule has 1 aromatic carbocycles. The molecule has 2 aromatic heterocycles. The fourth-order valence-corrected chi connectivity index (χ4v) is 3.27. The highest BCUT2D eigenvalue weighted by atomic mass is 19.4. The lowest BCUT2D eigenvalue weighted by molar-refractivity contribution is -0.915. The van der Waals surface area contributed by atoms with Crippen molar-refractivity contribution in [1.29, 1.82) is 0 Å². The lowest BCUT2D eigenvalue weighted by Crippen LogP contribution is -3.13. The highest BCUT2D eigenvalue weighted by Gasteiger charge is 2.33. The van der Waals surface area contributed by atoms with Gasteiger partial charge in [0.1, 0.15) is 32.4 Å². The Morgan fingerprint density at radius 3 is 2.43 bits per heavy atom. The van der Waals surface area contributed by atoms with Crippen molar-refractivity contribution >= 4 is 5.82 Å². The van der Waals surface area contributed by atoms with Crippen LogP contribution in [0.1, 0.15) is 11.5 Å². The summed E-state index contributed by atoms with van der Waals surface area (Å²) in [5, 5.41) is 8.24. The van der Waals surface area contributed by atoms with Gasteiger partial charge in [-0.3, -0.25) is 4.90 Å². The van der Waals surface area contributed by atoms with Crippen molar-refractivity contribution in [3.63, 3.8) is 0 Å². The van der Waals surface area contributed by atoms with E-state index in [4.69, 9.17) is 4.42 Å². The maximum Gasteiger partial charge on any atom is 0.419 e. The maximum atomic E-state index is 12.7. The van der Waals surface area contributed by atoms with Crippen LogP contribution in [0.5, 0.6) is 0 Å². The first-order valence-electron chi connectivity index (χ1n) is 9.04. The van der Waals surface area contributed by atoms with E-state index in [2.05, 4.69) is 15.2 Å². The zero-order valence-corrected chi connectivity index (χ0v) is 15.0. The summed E-state index contributed by atoms with van der Waals surface area (Å²) in [5.41, 5.74) is 0.213. The average molecular weight is 391 g/mol. The number of pyridine rings is 1. The van der Waals surface area contributed by atoms with Crippen LogP contribution in [0.25, 0.3) is 11.5 Å². The van der Waals surface area contributed by atoms with Gasteiger partial charge in [0.15, 0.2) is 6.54 Å². The van der Waals surface area contributed by atoms with Crippen molar-refractivity contribution in [1.82, 2.24) is 10.2 Å². The van der Waals surface area contributed by atoms with Gasteiger partial charge in [0, 0.05) is 11.6 Å². The first kappa shape index (κ1) is 18.4. The summed E-state index contributed by atoms with van der Waals surface area (Å²) in [6.45, 7) is 3.76. The monoisotopic (exact) mass is 391 g/mol. The van der Waals surface area contributed by atoms with Gasteiger partial charge in [0.05, 0.1) is 5.56 Å². The number of nitrogens with one attached hydrogen (secondary N) is 2. The third kappa shape index (κ3) is 4.14. The summed E-state index contributed by atoms with van der Waals surface area (Å²) in [4.78, 5) is 6.10. The Morgan fingerprint density at radius 2 is 1.79 bits per heavy atom. The van der Waals surface area contributed by atoms with E-state index in [1.807, 2.05) is 35.2 Å². The summed E-state index contributed by atoms with van der Waals surface area (Å²) >= 11 is 0. The average Bonchev–Trinajstić information content (AvgIpc) is 3.17. The lowest BCUT2D eigenvalue weighted by atomic mass is 10.2. The van der Waals surface area contributed by atoms with Crippen molar-refractivity contribution in [2.75, 3.05) is 31.1 Å². The molecule has 9 heteroatoms. The molecule has 0 amide bonds. The molecule has 0 atom stereocenters. The zero-order chi connectivity index (χ0) is 19.6. The third-order valence-corrected chi connectivity index (χ3v) is 4.82. The molecule has 2 N–H and O–H groups in total. The Balaban J connectivity index is 1.33. The van der Waals surface area contributed by atoms with Crippen LogP contribution >= 0.6 is 0 Å². The number of aromatic nitrogens is 3. The van der Waals surface area contributed by atoms with Crippen molar-refractivity contribution in [2.24, 2.45) is 0 Å². The normalized spacial score (nSPS) is 15.8. The molecule has 0 radical (unpaired) electrons. The van der Waals surface area contributed by atoms with Crippen LogP contribution in [-0.2, 0) is 12.7 Å². The number of piperazine rings is 1. The molecule has 1 saturated heterocycles. The Kier molecular flexibility index (Phi) is 4.99. The molecule has 3 heterocycles. The molecule has 1 aliphatic rings. The molecule has 146 valence electrons. The van der Waals surface area contributed by atoms with Crippen molar-refractivity contribution < 1.29 is 27.5 Å². The van der Waals surface area contributed by atoms with Gasteiger partial charge in [-0.05, 0) is 18.2 Å². The predicted molar refractivity (Wildman–Crippen MR) is 94.3 cm³/mol. The highest BCUT2D eigenvalue weighted by Crippen LogP contribution is 2.28. The van der Waals surface area contributed by atoms with Gasteiger partial charge in [-0.1, -0.05) is 18.2 Å². The molecule has 4 rings (SSSR count). The number of anilines is 1. The smallest absolute Gasteiger partial charge is 0.415 e. The van der Waals surface area contributed by atoms with E-state index in [1.54, 1.807) is 0 Å². The Hall–Kier alpha value is -2.94. The van der Waals surface area contributed by atoms with E-state index in [0.717, 1.165) is 44.0 Å². The second-order valence-electron chi connectivity index (χ2n) is 6.74. The van der Waals surface area contributed by atoms with E-state index in [0.29, 0.717) is 24.1 Å². The number of hydrogen-bond acceptors (Lipinski definition) is 4. The predicted octanol–water partition coefficient (Wildman–Crippen LogP) is 1.47. The Labute approximate surface area is 159 Å². The molecular weight excluding hydrogens is 371 g/mol. The van der Waals surface area contributed by atoms with Crippen LogP contribution in [0.15, 0.2) is 53.1 Å². The number of quaternary nitrogens is 1. The minimum absolute atomic E-state index is 0.507. The standard InChI is InChI=1S/C19H18F3N5O/c20-19(21,22)15-6-7-16(23-12-15)27-10-8-26(9-11-27)13-17-24-25-18(28-17)14-4-2-1-3-5-14/h1-7,12H,8-11,13H2/p+2. The van der Waals surface area contributed by atoms with Crippen molar-refractivity contribution in [3.05, 3.63) is 60.1 Å². The first-order valence-corrected chi connectivity index (χ1v) is 9.04. The minimum Gasteiger partial charge on any atom is -0.415 e. The molecule has 6 nitrogen and oxygen atoms in total. The van der Waals surface area contributed by atoms with E-state index < -0.39 is 11.7 Å². The van der Waals surface area contributed by atoms with Crippen molar-refractivity contribution in [2.45, 2.75) is 12.7 Å². The fourth-order valence-electron chi connectivity index (χ4n) is 3.27. The molecule has 28 heavy (non-hydrogen) atoms. The Morgan fingerprint density at radius 1 is 1.04 bits per heavy atom. The molecule has 1 aliphatic heterocycles. The Bertz CT molecular complexity index is 903. The van der Waals surface area contributed by atoms with E-state index >= 15 is 0 Å². The molecule has 0 spiro atoms. The SMILES string of the molecule is FC(F)(F)c1ccc(N2CC[NH+](Cc3nnc(-c4ccccc4)o3)CC2)[nH+]c1. The number of benzene rings is 1. The summed E-state index contributed by atoms with van der Waals surface area (Å²) in [5.74, 6) is 1.78. The molecular formula is C19H20F3N5O+2. The topological polar surface area (TPSA) is 60.7 Å². The molecule has 3 aromatic rings. The first-order chi connectivity index (χ1) is 13.5. The molecule has 0 bridgehead atoms. The zero-order valence-electron chi connectivity index (χ0n) is 15.0. The summed E-state index contributed by atoms with van der Waals surface area (Å²) in [6, 6.07) is 12.2. The van der Waals surface area contributed by atoms with Crippen LogP contribution in [0, 0.1) is 0 Å². The lowest BCUT2D eigenvalue weighted by Gasteiger charge is -2.27. The van der Waals surface area contributed by atoms with Gasteiger partial charge in [0.25, 0.3) is 11.7 Å². The number of rotatable bonds is 4. The summed E-state index contributed by atoms with van der Waals surface area (Å²) in [7, 11) is 0. The number of nitrogens with zero attached hydrogens (tertiary/aromatic N) is 3. The molecule has 0 saturated carbocycles. The van der Waals surface area contributed by atoms with Crippen LogP contribution in [0.3, 0.4) is 0 Å². The number of alkyl halides is 3. The van der Waals surface area contributed by atoms with Gasteiger partial charge >= 0.3 is 6.18 Å². The third-order valence-electron chi connectivity index (χ3n) is 4.82. The van der Waals surface area contributed by atoms with Gasteiger partial charge in [-0.25, -0.2) is 4.98 Å². The molecule has 0 unspecified atom stereocenters. The second kappa shape index (κ2) is 7.59. The van der Waals surface area contributed by atoms with Crippen molar-refractivity contribution in [3.8, 4) is 11.5 Å². The van der Waals surface area contributed by atoms with E-state index in [9.17, 15) is 13.2 Å². The number of hydrogen-bond donors (Lipinski definition) is 1. The quantitative estimate of drug-likeness (QED) is 0.732.